The number of rotatable bonds is 8. The number of nitrogens with zero attached hydrogens (tertiary/aromatic N) is 2. The van der Waals surface area contributed by atoms with E-state index in [2.05, 4.69) is 5.32 Å². The monoisotopic (exact) mass is 492 g/mol. The molecule has 0 bridgehead atoms. The summed E-state index contributed by atoms with van der Waals surface area (Å²) in [5, 5.41) is 2.86. The maximum Gasteiger partial charge on any atom is 0.337 e. The minimum atomic E-state index is -1.55. The first-order chi connectivity index (χ1) is 16.4. The van der Waals surface area contributed by atoms with Gasteiger partial charge in [0.1, 0.15) is 17.3 Å². The van der Waals surface area contributed by atoms with E-state index >= 15 is 0 Å². The number of Topliss-reactive ketones (excluding diaryl/α,β-unsaturated/α-hetero) is 1. The first-order valence-corrected chi connectivity index (χ1v) is 10.7. The van der Waals surface area contributed by atoms with E-state index in [0.717, 1.165) is 4.57 Å². The van der Waals surface area contributed by atoms with Crippen molar-refractivity contribution in [2.45, 2.75) is 27.7 Å². The second kappa shape index (κ2) is 10.8. The highest BCUT2D eigenvalue weighted by atomic mass is 16.5. The first kappa shape index (κ1) is 27.1. The number of esters is 3. The van der Waals surface area contributed by atoms with Gasteiger partial charge in [-0.15, -0.1) is 0 Å². The molecule has 2 rings (SSSR count). The third-order valence-electron chi connectivity index (χ3n) is 5.32. The minimum absolute atomic E-state index is 0.00258. The van der Waals surface area contributed by atoms with Crippen LogP contribution in [0, 0.1) is 5.92 Å². The molecule has 0 saturated carbocycles. The van der Waals surface area contributed by atoms with Gasteiger partial charge < -0.3 is 25.3 Å². The average Bonchev–Trinajstić information content (AvgIpc) is 2.79. The average molecular weight is 492 g/mol. The Bertz CT molecular complexity index is 1230. The summed E-state index contributed by atoms with van der Waals surface area (Å²) in [5.74, 6) is -5.77. The quantitative estimate of drug-likeness (QED) is 0.266. The maximum atomic E-state index is 13.2. The molecular weight excluding hydrogens is 464 g/mol. The summed E-state index contributed by atoms with van der Waals surface area (Å²) in [5.41, 5.74) is 3.66. The molecule has 0 saturated heterocycles. The number of ether oxygens (including phenoxy) is 3. The third-order valence-corrected chi connectivity index (χ3v) is 5.32. The molecule has 13 nitrogen and oxygen atoms in total. The number of aromatic nitrogens is 2. The molecule has 3 N–H and O–H groups in total. The summed E-state index contributed by atoms with van der Waals surface area (Å²) in [6.07, 6.45) is 0. The molecule has 0 aliphatic carbocycles. The number of anilines is 1. The zero-order valence-electron chi connectivity index (χ0n) is 20.3. The lowest BCUT2D eigenvalue weighted by atomic mass is 9.85. The normalized spacial score (nSPS) is 13.9. The van der Waals surface area contributed by atoms with E-state index in [1.807, 2.05) is 0 Å². The second-order valence-corrected chi connectivity index (χ2v) is 7.57. The largest absolute Gasteiger partial charge is 0.463 e. The number of hydrogen-bond donors (Lipinski definition) is 2. The summed E-state index contributed by atoms with van der Waals surface area (Å²) < 4.78 is 16.8. The lowest BCUT2D eigenvalue weighted by molar-refractivity contribution is -0.151. The van der Waals surface area contributed by atoms with Crippen molar-refractivity contribution in [1.82, 2.24) is 14.5 Å². The van der Waals surface area contributed by atoms with Gasteiger partial charge in [-0.05, 0) is 27.7 Å². The third kappa shape index (κ3) is 5.18. The molecule has 0 unspecified atom stereocenters. The molecule has 0 amide bonds. The van der Waals surface area contributed by atoms with Crippen LogP contribution < -0.4 is 22.3 Å². The van der Waals surface area contributed by atoms with Gasteiger partial charge in [0, 0.05) is 25.5 Å². The van der Waals surface area contributed by atoms with Gasteiger partial charge in [0.25, 0.3) is 5.56 Å². The van der Waals surface area contributed by atoms with Crippen LogP contribution in [0.25, 0.3) is 0 Å². The SMILES string of the molecule is CCOC(=O)C1=C(C)NC(C)=C(C(=O)OCC)C1C(=O)OCC(=O)c1c(N)n(C)c(=O)n(C)c1=O. The van der Waals surface area contributed by atoms with Crippen LogP contribution in [0.1, 0.15) is 38.1 Å². The first-order valence-electron chi connectivity index (χ1n) is 10.7. The molecular formula is C22H28N4O9. The molecule has 2 heterocycles. The molecule has 0 fully saturated rings. The number of hydrogen-bond acceptors (Lipinski definition) is 11. The van der Waals surface area contributed by atoms with Gasteiger partial charge in [0.05, 0.1) is 24.4 Å². The molecule has 190 valence electrons. The second-order valence-electron chi connectivity index (χ2n) is 7.57. The lowest BCUT2D eigenvalue weighted by Crippen LogP contribution is -2.42. The molecule has 13 heteroatoms. The molecule has 1 aliphatic heterocycles. The standard InChI is InChI=1S/C22H28N4O9/c1-7-33-19(29)13-10(3)24-11(4)14(20(30)34-8-2)16(13)21(31)35-9-12(27)15-17(23)25(5)22(32)26(6)18(15)28/h16,24H,7-9,23H2,1-6H3. The summed E-state index contributed by atoms with van der Waals surface area (Å²) in [7, 11) is 2.44. The topological polar surface area (TPSA) is 178 Å². The Morgan fingerprint density at radius 1 is 0.886 bits per heavy atom. The van der Waals surface area contributed by atoms with Crippen molar-refractivity contribution in [2.24, 2.45) is 20.0 Å². The van der Waals surface area contributed by atoms with E-state index in [9.17, 15) is 28.8 Å². The molecule has 1 aliphatic rings. The Labute approximate surface area is 200 Å². The molecule has 0 spiro atoms. The van der Waals surface area contributed by atoms with Gasteiger partial charge >= 0.3 is 23.6 Å². The van der Waals surface area contributed by atoms with Gasteiger partial charge in [0.15, 0.2) is 6.61 Å². The highest BCUT2D eigenvalue weighted by molar-refractivity contribution is 6.06. The van der Waals surface area contributed by atoms with E-state index in [0.29, 0.717) is 4.57 Å². The van der Waals surface area contributed by atoms with Crippen LogP contribution in [0.4, 0.5) is 5.82 Å². The van der Waals surface area contributed by atoms with Crippen LogP contribution in [-0.4, -0.2) is 52.6 Å². The van der Waals surface area contributed by atoms with Crippen molar-refractivity contribution in [1.29, 1.82) is 0 Å². The molecule has 0 radical (unpaired) electrons. The Balaban J connectivity index is 2.46. The number of carbonyl (C=O) groups is 4. The van der Waals surface area contributed by atoms with Crippen molar-refractivity contribution in [2.75, 3.05) is 25.6 Å². The van der Waals surface area contributed by atoms with Gasteiger partial charge in [-0.1, -0.05) is 0 Å². The van der Waals surface area contributed by atoms with Crippen LogP contribution in [0.3, 0.4) is 0 Å². The Morgan fingerprint density at radius 3 is 1.83 bits per heavy atom. The lowest BCUT2D eigenvalue weighted by Gasteiger charge is -2.28. The van der Waals surface area contributed by atoms with Crippen molar-refractivity contribution < 1.29 is 33.4 Å². The van der Waals surface area contributed by atoms with Gasteiger partial charge in [-0.25, -0.2) is 14.4 Å². The van der Waals surface area contributed by atoms with Gasteiger partial charge in [-0.2, -0.15) is 0 Å². The number of dihydropyridines is 1. The molecule has 1 aromatic rings. The van der Waals surface area contributed by atoms with E-state index in [1.165, 1.54) is 27.9 Å². The van der Waals surface area contributed by atoms with Crippen LogP contribution in [0.15, 0.2) is 32.1 Å². The molecule has 0 atom stereocenters. The minimum Gasteiger partial charge on any atom is -0.463 e. The predicted octanol–water partition coefficient (Wildman–Crippen LogP) is -0.714. The smallest absolute Gasteiger partial charge is 0.337 e. The highest BCUT2D eigenvalue weighted by Gasteiger charge is 2.42. The Morgan fingerprint density at radius 2 is 1.37 bits per heavy atom. The summed E-state index contributed by atoms with van der Waals surface area (Å²) in [6, 6.07) is 0. The van der Waals surface area contributed by atoms with Crippen molar-refractivity contribution in [3.63, 3.8) is 0 Å². The van der Waals surface area contributed by atoms with Gasteiger partial charge in [-0.3, -0.25) is 23.5 Å². The predicted molar refractivity (Wildman–Crippen MR) is 122 cm³/mol. The highest BCUT2D eigenvalue weighted by Crippen LogP contribution is 2.32. The number of ketones is 1. The summed E-state index contributed by atoms with van der Waals surface area (Å²) in [4.78, 5) is 75.6. The summed E-state index contributed by atoms with van der Waals surface area (Å²) in [6.45, 7) is 5.23. The van der Waals surface area contributed by atoms with Crippen LogP contribution in [-0.2, 0) is 42.7 Å². The van der Waals surface area contributed by atoms with Crippen molar-refractivity contribution in [3.8, 4) is 0 Å². The molecule has 1 aromatic heterocycles. The zero-order chi connectivity index (χ0) is 26.6. The number of nitrogens with two attached hydrogens (primary N) is 1. The zero-order valence-corrected chi connectivity index (χ0v) is 20.3. The number of allylic oxidation sites excluding steroid dienone is 2. The van der Waals surface area contributed by atoms with Gasteiger partial charge in [0.2, 0.25) is 5.78 Å². The number of carbonyl (C=O) groups excluding carboxylic acids is 4. The van der Waals surface area contributed by atoms with E-state index in [-0.39, 0.29) is 35.8 Å². The molecule has 0 aromatic carbocycles. The van der Waals surface area contributed by atoms with Crippen molar-refractivity contribution in [3.05, 3.63) is 48.9 Å². The van der Waals surface area contributed by atoms with E-state index in [1.54, 1.807) is 13.8 Å². The summed E-state index contributed by atoms with van der Waals surface area (Å²) >= 11 is 0. The van der Waals surface area contributed by atoms with Crippen LogP contribution in [0.2, 0.25) is 0 Å². The van der Waals surface area contributed by atoms with E-state index < -0.39 is 58.8 Å². The van der Waals surface area contributed by atoms with Crippen LogP contribution >= 0.6 is 0 Å². The maximum absolute atomic E-state index is 13.2. The fraction of sp³-hybridized carbons (Fsp3) is 0.455. The number of nitrogen functional groups attached to an aromatic ring is 1. The van der Waals surface area contributed by atoms with E-state index in [4.69, 9.17) is 19.9 Å². The fourth-order valence-corrected chi connectivity index (χ4v) is 3.60. The number of nitrogens with one attached hydrogen (secondary N) is 1. The fourth-order valence-electron chi connectivity index (χ4n) is 3.60. The Kier molecular flexibility index (Phi) is 8.39. The Hall–Kier alpha value is -4.16. The van der Waals surface area contributed by atoms with Crippen LogP contribution in [0.5, 0.6) is 0 Å². The molecule has 35 heavy (non-hydrogen) atoms. The van der Waals surface area contributed by atoms with Crippen molar-refractivity contribution >= 4 is 29.5 Å².